The van der Waals surface area contributed by atoms with Gasteiger partial charge in [0.2, 0.25) is 0 Å². The summed E-state index contributed by atoms with van der Waals surface area (Å²) in [5, 5.41) is 22.6. The minimum absolute atomic E-state index is 0.0824. The predicted octanol–water partition coefficient (Wildman–Crippen LogP) is 5.14. The van der Waals surface area contributed by atoms with E-state index in [2.05, 4.69) is 21.7 Å². The number of aromatic nitrogens is 2. The summed E-state index contributed by atoms with van der Waals surface area (Å²) >= 11 is 5.94. The molecular formula is C28H18ClN5O2. The molecule has 174 valence electrons. The van der Waals surface area contributed by atoms with E-state index < -0.39 is 11.5 Å². The smallest absolute Gasteiger partial charge is 0.266 e. The van der Waals surface area contributed by atoms with Crippen LogP contribution in [0.25, 0.3) is 27.2 Å². The Morgan fingerprint density at radius 2 is 1.64 bits per heavy atom. The van der Waals surface area contributed by atoms with Gasteiger partial charge < -0.3 is 0 Å². The van der Waals surface area contributed by atoms with E-state index in [1.165, 1.54) is 6.92 Å². The van der Waals surface area contributed by atoms with E-state index in [-0.39, 0.29) is 16.8 Å². The van der Waals surface area contributed by atoms with Crippen molar-refractivity contribution in [3.05, 3.63) is 117 Å². The third-order valence-corrected chi connectivity index (χ3v) is 6.16. The summed E-state index contributed by atoms with van der Waals surface area (Å²) in [4.78, 5) is 25.9. The first-order valence-electron chi connectivity index (χ1n) is 11.0. The van der Waals surface area contributed by atoms with Crippen LogP contribution >= 0.6 is 11.6 Å². The molecule has 0 atom stereocenters. The molecule has 1 amide bonds. The largest absolute Gasteiger partial charge is 0.292 e. The molecule has 36 heavy (non-hydrogen) atoms. The predicted molar refractivity (Wildman–Crippen MR) is 141 cm³/mol. The number of amides is 1. The van der Waals surface area contributed by atoms with Gasteiger partial charge in [-0.2, -0.15) is 20.1 Å². The Morgan fingerprint density at radius 3 is 2.25 bits per heavy atom. The summed E-state index contributed by atoms with van der Waals surface area (Å²) in [6.07, 6.45) is 1.60. The number of hydrogen-bond donors (Lipinski definition) is 1. The quantitative estimate of drug-likeness (QED) is 0.214. The summed E-state index contributed by atoms with van der Waals surface area (Å²) in [7, 11) is 0. The van der Waals surface area contributed by atoms with E-state index in [0.717, 1.165) is 31.8 Å². The lowest BCUT2D eigenvalue weighted by atomic mass is 9.97. The van der Waals surface area contributed by atoms with Crippen LogP contribution in [0.15, 0.2) is 88.8 Å². The number of nitriles is 1. The van der Waals surface area contributed by atoms with Crippen LogP contribution in [0.3, 0.4) is 0 Å². The van der Waals surface area contributed by atoms with Gasteiger partial charge in [0.05, 0.1) is 11.9 Å². The van der Waals surface area contributed by atoms with E-state index in [1.54, 1.807) is 30.5 Å². The van der Waals surface area contributed by atoms with Gasteiger partial charge in [0.25, 0.3) is 11.5 Å². The summed E-state index contributed by atoms with van der Waals surface area (Å²) in [5.74, 6) is -0.646. The Hall–Kier alpha value is -4.80. The molecule has 0 saturated carbocycles. The Kier molecular flexibility index (Phi) is 6.03. The van der Waals surface area contributed by atoms with Crippen molar-refractivity contribution in [2.24, 2.45) is 5.10 Å². The normalized spacial score (nSPS) is 11.1. The summed E-state index contributed by atoms with van der Waals surface area (Å²) in [6, 6.07) is 26.2. The number of benzene rings is 4. The molecule has 1 heterocycles. The number of rotatable bonds is 4. The van der Waals surface area contributed by atoms with Crippen molar-refractivity contribution >= 4 is 45.3 Å². The van der Waals surface area contributed by atoms with E-state index in [9.17, 15) is 14.9 Å². The van der Waals surface area contributed by atoms with E-state index in [4.69, 9.17) is 11.6 Å². The number of nitrogens with zero attached hydrogens (tertiary/aromatic N) is 4. The molecule has 0 bridgehead atoms. The first-order valence-corrected chi connectivity index (χ1v) is 11.4. The molecule has 0 fully saturated rings. The molecule has 0 aliphatic heterocycles. The fourth-order valence-electron chi connectivity index (χ4n) is 4.11. The lowest BCUT2D eigenvalue weighted by Crippen LogP contribution is -2.31. The molecule has 4 aromatic carbocycles. The van der Waals surface area contributed by atoms with Gasteiger partial charge >= 0.3 is 0 Å². The van der Waals surface area contributed by atoms with Gasteiger partial charge in [-0.3, -0.25) is 9.59 Å². The number of halogens is 1. The maximum atomic E-state index is 13.1. The monoisotopic (exact) mass is 491 g/mol. The highest BCUT2D eigenvalue weighted by Crippen LogP contribution is 2.27. The highest BCUT2D eigenvalue weighted by Gasteiger charge is 2.20. The first kappa shape index (κ1) is 23.0. The lowest BCUT2D eigenvalue weighted by molar-refractivity contribution is 0.0947. The van der Waals surface area contributed by atoms with Gasteiger partial charge in [-0.05, 0) is 58.8 Å². The third kappa shape index (κ3) is 4.11. The SMILES string of the molecule is Cc1c(C(=O)N/N=C/c2c3ccccc3cc3ccccc23)nn(-c2ccc(Cl)cc2)c(=O)c1C#N. The molecule has 5 aromatic rings. The molecule has 0 spiro atoms. The van der Waals surface area contributed by atoms with Crippen molar-refractivity contribution in [3.63, 3.8) is 0 Å². The molecule has 0 saturated heterocycles. The van der Waals surface area contributed by atoms with E-state index in [1.807, 2.05) is 54.6 Å². The Balaban J connectivity index is 1.54. The van der Waals surface area contributed by atoms with Crippen LogP contribution in [-0.2, 0) is 0 Å². The van der Waals surface area contributed by atoms with Gasteiger partial charge in [0.15, 0.2) is 5.69 Å². The average Bonchev–Trinajstić information content (AvgIpc) is 2.89. The standard InChI is InChI=1S/C28H18ClN5O2/c1-17-24(15-30)28(36)34(21-12-10-20(29)11-13-21)33-26(17)27(35)32-31-16-25-22-8-4-2-6-18(22)14-19-7-3-5-9-23(19)25/h2-14,16H,1H3,(H,32,35)/b31-16+. The maximum absolute atomic E-state index is 13.1. The van der Waals surface area contributed by atoms with Crippen LogP contribution in [0.2, 0.25) is 5.02 Å². The first-order chi connectivity index (χ1) is 17.5. The van der Waals surface area contributed by atoms with Crippen LogP contribution in [0.5, 0.6) is 0 Å². The van der Waals surface area contributed by atoms with Crippen molar-refractivity contribution in [3.8, 4) is 11.8 Å². The fraction of sp³-hybridized carbons (Fsp3) is 0.0357. The lowest BCUT2D eigenvalue weighted by Gasteiger charge is -2.11. The minimum atomic E-state index is -0.646. The molecule has 0 unspecified atom stereocenters. The molecule has 0 aliphatic carbocycles. The van der Waals surface area contributed by atoms with Gasteiger partial charge in [0, 0.05) is 16.1 Å². The Bertz CT molecular complexity index is 1730. The molecule has 0 aliphatic rings. The zero-order valence-electron chi connectivity index (χ0n) is 19.1. The summed E-state index contributed by atoms with van der Waals surface area (Å²) < 4.78 is 1.01. The van der Waals surface area contributed by atoms with Gasteiger partial charge in [0.1, 0.15) is 11.6 Å². The molecule has 7 nitrogen and oxygen atoms in total. The van der Waals surface area contributed by atoms with Crippen LogP contribution in [0.1, 0.15) is 27.2 Å². The van der Waals surface area contributed by atoms with Crippen molar-refractivity contribution in [2.75, 3.05) is 0 Å². The van der Waals surface area contributed by atoms with Crippen LogP contribution in [0.4, 0.5) is 0 Å². The zero-order valence-corrected chi connectivity index (χ0v) is 19.8. The van der Waals surface area contributed by atoms with Gasteiger partial charge in [-0.15, -0.1) is 0 Å². The molecule has 8 heteroatoms. The van der Waals surface area contributed by atoms with Crippen molar-refractivity contribution in [2.45, 2.75) is 6.92 Å². The number of carbonyl (C=O) groups is 1. The molecule has 1 aromatic heterocycles. The number of carbonyl (C=O) groups excluding carboxylic acids is 1. The average molecular weight is 492 g/mol. The molecule has 5 rings (SSSR count). The summed E-state index contributed by atoms with van der Waals surface area (Å²) in [5.41, 5.74) is 3.03. The third-order valence-electron chi connectivity index (χ3n) is 5.91. The second-order valence-electron chi connectivity index (χ2n) is 8.09. The van der Waals surface area contributed by atoms with Crippen molar-refractivity contribution in [1.82, 2.24) is 15.2 Å². The number of nitrogens with one attached hydrogen (secondary N) is 1. The highest BCUT2D eigenvalue weighted by atomic mass is 35.5. The van der Waals surface area contributed by atoms with Crippen LogP contribution < -0.4 is 11.0 Å². The van der Waals surface area contributed by atoms with Crippen molar-refractivity contribution < 1.29 is 4.79 Å². The van der Waals surface area contributed by atoms with Crippen molar-refractivity contribution in [1.29, 1.82) is 5.26 Å². The number of hydrazone groups is 1. The zero-order chi connectivity index (χ0) is 25.2. The molecular weight excluding hydrogens is 474 g/mol. The van der Waals surface area contributed by atoms with E-state index in [0.29, 0.717) is 10.7 Å². The molecule has 1 N–H and O–H groups in total. The Morgan fingerprint density at radius 1 is 1.03 bits per heavy atom. The molecule has 0 radical (unpaired) electrons. The second-order valence-corrected chi connectivity index (χ2v) is 8.52. The van der Waals surface area contributed by atoms with E-state index >= 15 is 0 Å². The van der Waals surface area contributed by atoms with Crippen LogP contribution in [-0.4, -0.2) is 21.9 Å². The maximum Gasteiger partial charge on any atom is 0.292 e. The number of fused-ring (bicyclic) bond motifs is 2. The van der Waals surface area contributed by atoms with Gasteiger partial charge in [-0.1, -0.05) is 60.1 Å². The topological polar surface area (TPSA) is 100 Å². The van der Waals surface area contributed by atoms with Gasteiger partial charge in [-0.25, -0.2) is 5.43 Å². The number of hydrogen-bond acceptors (Lipinski definition) is 5. The Labute approximate surface area is 210 Å². The van der Waals surface area contributed by atoms with Crippen LogP contribution in [0, 0.1) is 18.3 Å². The fourth-order valence-corrected chi connectivity index (χ4v) is 4.23. The second kappa shape index (κ2) is 9.45. The summed E-state index contributed by atoms with van der Waals surface area (Å²) in [6.45, 7) is 1.51. The minimum Gasteiger partial charge on any atom is -0.266 e. The highest BCUT2D eigenvalue weighted by molar-refractivity contribution is 6.30.